The monoisotopic (exact) mass is 478 g/mol. The van der Waals surface area contributed by atoms with Crippen LogP contribution in [0.5, 0.6) is 0 Å². The molecule has 1 fully saturated rings. The van der Waals surface area contributed by atoms with Crippen molar-refractivity contribution in [3.05, 3.63) is 117 Å². The third-order valence-corrected chi connectivity index (χ3v) is 6.52. The van der Waals surface area contributed by atoms with Crippen molar-refractivity contribution in [1.82, 2.24) is 20.0 Å². The third kappa shape index (κ3) is 4.15. The lowest BCUT2D eigenvalue weighted by molar-refractivity contribution is -0.123. The maximum atomic E-state index is 13.7. The predicted octanol–water partition coefficient (Wildman–Crippen LogP) is 4.85. The van der Waals surface area contributed by atoms with Gasteiger partial charge in [0.2, 0.25) is 0 Å². The van der Waals surface area contributed by atoms with Crippen LogP contribution in [-0.4, -0.2) is 26.6 Å². The zero-order valence-electron chi connectivity index (χ0n) is 20.3. The summed E-state index contributed by atoms with van der Waals surface area (Å²) in [6.07, 6.45) is 1.47. The zero-order valence-corrected chi connectivity index (χ0v) is 20.3. The molecule has 3 aromatic carbocycles. The van der Waals surface area contributed by atoms with Crippen LogP contribution in [0.3, 0.4) is 0 Å². The zero-order chi connectivity index (χ0) is 25.4. The molecule has 2 N–H and O–H groups in total. The van der Waals surface area contributed by atoms with Crippen molar-refractivity contribution in [1.29, 1.82) is 0 Å². The Kier molecular flexibility index (Phi) is 5.90. The number of aryl methyl sites for hydroxylation is 2. The van der Waals surface area contributed by atoms with E-state index in [0.717, 1.165) is 38.4 Å². The van der Waals surface area contributed by atoms with Crippen LogP contribution in [0.1, 0.15) is 27.8 Å². The highest BCUT2D eigenvalue weighted by Gasteiger charge is 2.34. The minimum absolute atomic E-state index is 0.0634. The lowest BCUT2D eigenvalue weighted by Gasteiger charge is -2.11. The molecule has 4 aromatic rings. The number of hydrogen-bond acceptors (Lipinski definition) is 3. The van der Waals surface area contributed by atoms with Gasteiger partial charge in [0.05, 0.1) is 23.5 Å². The van der Waals surface area contributed by atoms with Gasteiger partial charge in [-0.15, -0.1) is 0 Å². The fourth-order valence-electron chi connectivity index (χ4n) is 4.29. The van der Waals surface area contributed by atoms with Gasteiger partial charge in [0.15, 0.2) is 0 Å². The summed E-state index contributed by atoms with van der Waals surface area (Å²) in [6, 6.07) is 22.3. The van der Waals surface area contributed by atoms with Crippen molar-refractivity contribution in [2.24, 2.45) is 0 Å². The summed E-state index contributed by atoms with van der Waals surface area (Å²) in [7, 11) is 0. The average Bonchev–Trinajstić information content (AvgIpc) is 3.34. The van der Waals surface area contributed by atoms with Crippen LogP contribution in [0, 0.1) is 20.8 Å². The summed E-state index contributed by atoms with van der Waals surface area (Å²) >= 11 is 0. The summed E-state index contributed by atoms with van der Waals surface area (Å²) in [5, 5.41) is 5.87. The molecule has 1 aromatic heterocycles. The van der Waals surface area contributed by atoms with Crippen LogP contribution in [0.15, 0.2) is 83.3 Å². The van der Waals surface area contributed by atoms with Gasteiger partial charge in [-0.2, -0.15) is 0 Å². The van der Waals surface area contributed by atoms with Crippen LogP contribution in [-0.2, 0) is 11.3 Å². The van der Waals surface area contributed by atoms with Crippen LogP contribution >= 0.6 is 0 Å². The summed E-state index contributed by atoms with van der Waals surface area (Å²) in [5.74, 6) is -0.474. The van der Waals surface area contributed by atoms with Gasteiger partial charge in [0.25, 0.3) is 11.5 Å². The maximum Gasteiger partial charge on any atom is 0.329 e. The number of carbonyl (C=O) groups is 2. The fourth-order valence-corrected chi connectivity index (χ4v) is 4.29. The molecule has 1 saturated heterocycles. The van der Waals surface area contributed by atoms with Gasteiger partial charge in [-0.1, -0.05) is 72.3 Å². The number of urea groups is 1. The molecule has 0 atom stereocenters. The van der Waals surface area contributed by atoms with Crippen molar-refractivity contribution in [3.8, 4) is 16.9 Å². The average molecular weight is 479 g/mol. The molecular formula is C29H26N4O3. The van der Waals surface area contributed by atoms with Crippen LogP contribution in [0.25, 0.3) is 23.0 Å². The lowest BCUT2D eigenvalue weighted by atomic mass is 10.1. The highest BCUT2D eigenvalue weighted by Crippen LogP contribution is 2.25. The number of H-pyrrole nitrogens is 1. The van der Waals surface area contributed by atoms with E-state index in [1.165, 1.54) is 10.8 Å². The molecule has 36 heavy (non-hydrogen) atoms. The van der Waals surface area contributed by atoms with E-state index < -0.39 is 11.9 Å². The van der Waals surface area contributed by atoms with E-state index in [1.54, 1.807) is 0 Å². The summed E-state index contributed by atoms with van der Waals surface area (Å²) in [6.45, 7) is 6.07. The molecular weight excluding hydrogens is 452 g/mol. The van der Waals surface area contributed by atoms with Crippen LogP contribution in [0.2, 0.25) is 0 Å². The first kappa shape index (κ1) is 23.1. The Morgan fingerprint density at radius 3 is 2.28 bits per heavy atom. The van der Waals surface area contributed by atoms with Gasteiger partial charge in [-0.3, -0.25) is 19.6 Å². The van der Waals surface area contributed by atoms with Gasteiger partial charge in [-0.05, 0) is 49.6 Å². The van der Waals surface area contributed by atoms with Crippen LogP contribution < -0.4 is 10.9 Å². The second kappa shape index (κ2) is 9.19. The molecule has 0 saturated carbocycles. The SMILES string of the molecule is Cc1ccc(CN2C(=O)NC(=Cc3c(-c4ccccc4)[nH]n(-c4cccc(C)c4C)c3=O)C2=O)cc1. The summed E-state index contributed by atoms with van der Waals surface area (Å²) in [4.78, 5) is 40.7. The number of carbonyl (C=O) groups excluding carboxylic acids is 2. The smallest absolute Gasteiger partial charge is 0.303 e. The molecule has 7 nitrogen and oxygen atoms in total. The second-order valence-corrected chi connectivity index (χ2v) is 8.99. The molecule has 5 rings (SSSR count). The number of aromatic amines is 1. The number of hydrogen-bond donors (Lipinski definition) is 2. The number of rotatable bonds is 5. The van der Waals surface area contributed by atoms with Crippen molar-refractivity contribution >= 4 is 18.0 Å². The number of nitrogens with zero attached hydrogens (tertiary/aromatic N) is 2. The third-order valence-electron chi connectivity index (χ3n) is 6.52. The van der Waals surface area contributed by atoms with E-state index in [4.69, 9.17) is 0 Å². The van der Waals surface area contributed by atoms with Crippen molar-refractivity contribution in [2.75, 3.05) is 0 Å². The van der Waals surface area contributed by atoms with Crippen molar-refractivity contribution < 1.29 is 9.59 Å². The lowest BCUT2D eigenvalue weighted by Crippen LogP contribution is -2.30. The molecule has 0 bridgehead atoms. The second-order valence-electron chi connectivity index (χ2n) is 8.99. The Morgan fingerprint density at radius 1 is 0.833 bits per heavy atom. The largest absolute Gasteiger partial charge is 0.329 e. The Labute approximate surface area is 208 Å². The van der Waals surface area contributed by atoms with E-state index in [0.29, 0.717) is 11.3 Å². The molecule has 7 heteroatoms. The molecule has 2 heterocycles. The van der Waals surface area contributed by atoms with Gasteiger partial charge >= 0.3 is 6.03 Å². The number of aromatic nitrogens is 2. The Hall–Kier alpha value is -4.65. The molecule has 0 unspecified atom stereocenters. The molecule has 0 radical (unpaired) electrons. The number of amides is 3. The minimum atomic E-state index is -0.515. The first-order chi connectivity index (χ1) is 17.3. The van der Waals surface area contributed by atoms with E-state index in [-0.39, 0.29) is 17.8 Å². The topological polar surface area (TPSA) is 87.2 Å². The van der Waals surface area contributed by atoms with E-state index in [1.807, 2.05) is 93.6 Å². The molecule has 0 aliphatic carbocycles. The predicted molar refractivity (Wildman–Crippen MR) is 140 cm³/mol. The number of benzene rings is 3. The quantitative estimate of drug-likeness (QED) is 0.318. The molecule has 180 valence electrons. The normalized spacial score (nSPS) is 14.5. The Balaban J connectivity index is 1.59. The maximum absolute atomic E-state index is 13.7. The van der Waals surface area contributed by atoms with E-state index in [9.17, 15) is 14.4 Å². The Morgan fingerprint density at radius 2 is 1.56 bits per heavy atom. The van der Waals surface area contributed by atoms with Gasteiger partial charge in [0.1, 0.15) is 5.70 Å². The van der Waals surface area contributed by atoms with Crippen LogP contribution in [0.4, 0.5) is 4.79 Å². The first-order valence-electron chi connectivity index (χ1n) is 11.7. The Bertz CT molecular complexity index is 1560. The molecule has 1 aliphatic heterocycles. The van der Waals surface area contributed by atoms with Gasteiger partial charge < -0.3 is 5.32 Å². The van der Waals surface area contributed by atoms with Gasteiger partial charge in [-0.25, -0.2) is 9.48 Å². The molecule has 1 aliphatic rings. The molecule has 0 spiro atoms. The van der Waals surface area contributed by atoms with Gasteiger partial charge in [0, 0.05) is 5.56 Å². The van der Waals surface area contributed by atoms with E-state index in [2.05, 4.69) is 10.4 Å². The highest BCUT2D eigenvalue weighted by atomic mass is 16.2. The molecule has 3 amide bonds. The fraction of sp³-hybridized carbons (Fsp3) is 0.138. The number of nitrogens with one attached hydrogen (secondary N) is 2. The minimum Gasteiger partial charge on any atom is -0.303 e. The highest BCUT2D eigenvalue weighted by molar-refractivity contribution is 6.14. The standard InChI is InChI=1S/C29H26N4O3/c1-18-12-14-21(15-13-18)17-32-28(35)24(30-29(32)36)16-23-26(22-9-5-4-6-10-22)31-33(27(23)34)25-11-7-8-19(2)20(25)3/h4-16,31H,17H2,1-3H3,(H,30,36). The summed E-state index contributed by atoms with van der Waals surface area (Å²) in [5.41, 5.74) is 6.09. The van der Waals surface area contributed by atoms with E-state index >= 15 is 0 Å². The number of imide groups is 1. The first-order valence-corrected chi connectivity index (χ1v) is 11.7. The summed E-state index contributed by atoms with van der Waals surface area (Å²) < 4.78 is 1.49. The van der Waals surface area contributed by atoms with Crippen molar-refractivity contribution in [2.45, 2.75) is 27.3 Å². The van der Waals surface area contributed by atoms with Crippen molar-refractivity contribution in [3.63, 3.8) is 0 Å².